The third-order valence-corrected chi connectivity index (χ3v) is 1.67. The van der Waals surface area contributed by atoms with Crippen molar-refractivity contribution in [3.63, 3.8) is 0 Å². The molecule has 0 saturated heterocycles. The number of carbonyl (C=O) groups excluding carboxylic acids is 1. The second-order valence-corrected chi connectivity index (χ2v) is 2.46. The quantitative estimate of drug-likeness (QED) is 0.626. The van der Waals surface area contributed by atoms with Gasteiger partial charge in [0.1, 0.15) is 11.6 Å². The van der Waals surface area contributed by atoms with Crippen LogP contribution in [0.4, 0.5) is 4.39 Å². The Morgan fingerprint density at radius 2 is 2.25 bits per heavy atom. The fraction of sp³-hybridized carbons (Fsp3) is 0. The molecule has 0 N–H and O–H groups in total. The topological polar surface area (TPSA) is 40.9 Å². The summed E-state index contributed by atoms with van der Waals surface area (Å²) in [6.45, 7) is 0. The first-order valence-corrected chi connectivity index (χ1v) is 3.41. The lowest BCUT2D eigenvalue weighted by Gasteiger charge is -1.97. The van der Waals surface area contributed by atoms with Crippen molar-refractivity contribution in [3.8, 4) is 6.07 Å². The van der Waals surface area contributed by atoms with Crippen molar-refractivity contribution >= 4 is 17.9 Å². The van der Waals surface area contributed by atoms with Gasteiger partial charge in [-0.2, -0.15) is 5.26 Å². The Labute approximate surface area is 73.2 Å². The third kappa shape index (κ3) is 1.29. The highest BCUT2D eigenvalue weighted by Gasteiger charge is 2.10. The summed E-state index contributed by atoms with van der Waals surface area (Å²) in [6.07, 6.45) is 0.340. The van der Waals surface area contributed by atoms with E-state index in [1.807, 2.05) is 0 Å². The lowest BCUT2D eigenvalue weighted by Crippen LogP contribution is -1.92. The van der Waals surface area contributed by atoms with E-state index in [0.29, 0.717) is 6.29 Å². The van der Waals surface area contributed by atoms with E-state index in [1.165, 1.54) is 12.1 Å². The molecule has 0 saturated carbocycles. The van der Waals surface area contributed by atoms with Gasteiger partial charge in [0.15, 0.2) is 12.1 Å². The van der Waals surface area contributed by atoms with Crippen LogP contribution in [0, 0.1) is 17.1 Å². The van der Waals surface area contributed by atoms with Gasteiger partial charge >= 0.3 is 0 Å². The standard InChI is InChI=1S/C8H3ClFNO/c9-7-2-1-5(4-12)8(10)6(7)3-11/h1-2,4H. The van der Waals surface area contributed by atoms with Crippen molar-refractivity contribution in [2.45, 2.75) is 0 Å². The molecule has 4 heteroatoms. The van der Waals surface area contributed by atoms with Gasteiger partial charge in [0.2, 0.25) is 0 Å². The summed E-state index contributed by atoms with van der Waals surface area (Å²) in [4.78, 5) is 10.2. The second kappa shape index (κ2) is 3.33. The van der Waals surface area contributed by atoms with Crippen LogP contribution in [0.3, 0.4) is 0 Å². The molecule has 60 valence electrons. The zero-order chi connectivity index (χ0) is 9.14. The summed E-state index contributed by atoms with van der Waals surface area (Å²) < 4.78 is 13.0. The molecular formula is C8H3ClFNO. The molecule has 0 aliphatic carbocycles. The molecule has 0 fully saturated rings. The Kier molecular flexibility index (Phi) is 2.41. The van der Waals surface area contributed by atoms with Crippen LogP contribution < -0.4 is 0 Å². The molecule has 1 aromatic rings. The van der Waals surface area contributed by atoms with Crippen LogP contribution in [0.1, 0.15) is 15.9 Å². The van der Waals surface area contributed by atoms with Crippen molar-refractivity contribution in [1.82, 2.24) is 0 Å². The first kappa shape index (κ1) is 8.69. The summed E-state index contributed by atoms with van der Waals surface area (Å²) in [5.74, 6) is -0.861. The van der Waals surface area contributed by atoms with E-state index in [9.17, 15) is 9.18 Å². The van der Waals surface area contributed by atoms with Crippen molar-refractivity contribution in [2.75, 3.05) is 0 Å². The highest BCUT2D eigenvalue weighted by molar-refractivity contribution is 6.31. The minimum absolute atomic E-state index is 0.0144. The van der Waals surface area contributed by atoms with E-state index >= 15 is 0 Å². The van der Waals surface area contributed by atoms with Crippen molar-refractivity contribution in [3.05, 3.63) is 34.1 Å². The molecule has 1 aromatic carbocycles. The summed E-state index contributed by atoms with van der Waals surface area (Å²) in [5.41, 5.74) is -0.447. The van der Waals surface area contributed by atoms with Crippen LogP contribution in [-0.2, 0) is 0 Å². The first-order valence-electron chi connectivity index (χ1n) is 3.04. The van der Waals surface area contributed by atoms with E-state index in [2.05, 4.69) is 0 Å². The van der Waals surface area contributed by atoms with Gasteiger partial charge in [-0.1, -0.05) is 11.6 Å². The monoisotopic (exact) mass is 183 g/mol. The summed E-state index contributed by atoms with van der Waals surface area (Å²) in [7, 11) is 0. The predicted octanol–water partition coefficient (Wildman–Crippen LogP) is 2.16. The number of benzene rings is 1. The Morgan fingerprint density at radius 1 is 1.58 bits per heavy atom. The van der Waals surface area contributed by atoms with Gasteiger partial charge in [0.25, 0.3) is 0 Å². The summed E-state index contributed by atoms with van der Waals surface area (Å²) in [6, 6.07) is 4.11. The minimum atomic E-state index is -0.861. The van der Waals surface area contributed by atoms with Gasteiger partial charge in [-0.25, -0.2) is 4.39 Å². The van der Waals surface area contributed by atoms with Gasteiger partial charge in [-0.3, -0.25) is 4.79 Å². The Hall–Kier alpha value is -1.40. The largest absolute Gasteiger partial charge is 0.298 e. The molecule has 1 rings (SSSR count). The molecule has 0 radical (unpaired) electrons. The summed E-state index contributed by atoms with van der Waals surface area (Å²) >= 11 is 5.48. The highest BCUT2D eigenvalue weighted by Crippen LogP contribution is 2.20. The van der Waals surface area contributed by atoms with E-state index in [1.54, 1.807) is 6.07 Å². The molecule has 0 unspecified atom stereocenters. The van der Waals surface area contributed by atoms with Gasteiger partial charge in [0, 0.05) is 0 Å². The molecule has 0 amide bonds. The van der Waals surface area contributed by atoms with Crippen molar-refractivity contribution < 1.29 is 9.18 Å². The Morgan fingerprint density at radius 3 is 2.75 bits per heavy atom. The maximum absolute atomic E-state index is 13.0. The second-order valence-electron chi connectivity index (χ2n) is 2.06. The third-order valence-electron chi connectivity index (χ3n) is 1.36. The van der Waals surface area contributed by atoms with Gasteiger partial charge in [-0.15, -0.1) is 0 Å². The average Bonchev–Trinajstić information content (AvgIpc) is 2.06. The molecular weight excluding hydrogens is 181 g/mol. The molecule has 0 atom stereocenters. The van der Waals surface area contributed by atoms with Crippen molar-refractivity contribution in [2.24, 2.45) is 0 Å². The molecule has 0 aliphatic rings. The first-order chi connectivity index (χ1) is 5.70. The molecule has 0 aromatic heterocycles. The average molecular weight is 184 g/mol. The van der Waals surface area contributed by atoms with Crippen LogP contribution >= 0.6 is 11.6 Å². The molecule has 0 bridgehead atoms. The molecule has 0 aliphatic heterocycles. The van der Waals surface area contributed by atoms with E-state index in [4.69, 9.17) is 16.9 Å². The zero-order valence-corrected chi connectivity index (χ0v) is 6.60. The number of halogens is 2. The zero-order valence-electron chi connectivity index (χ0n) is 5.84. The van der Waals surface area contributed by atoms with Crippen LogP contribution in [-0.4, -0.2) is 6.29 Å². The fourth-order valence-electron chi connectivity index (χ4n) is 0.762. The summed E-state index contributed by atoms with van der Waals surface area (Å²) in [5, 5.41) is 8.44. The number of rotatable bonds is 1. The normalized spacial score (nSPS) is 9.08. The van der Waals surface area contributed by atoms with Gasteiger partial charge in [-0.05, 0) is 12.1 Å². The number of hydrogen-bond acceptors (Lipinski definition) is 2. The van der Waals surface area contributed by atoms with Crippen LogP contribution in [0.2, 0.25) is 5.02 Å². The van der Waals surface area contributed by atoms with E-state index in [0.717, 1.165) is 0 Å². The number of hydrogen-bond donors (Lipinski definition) is 0. The molecule has 12 heavy (non-hydrogen) atoms. The number of nitrogens with zero attached hydrogens (tertiary/aromatic N) is 1. The van der Waals surface area contributed by atoms with Crippen molar-refractivity contribution in [1.29, 1.82) is 5.26 Å². The van der Waals surface area contributed by atoms with E-state index in [-0.39, 0.29) is 16.1 Å². The maximum atomic E-state index is 13.0. The number of carbonyl (C=O) groups is 1. The van der Waals surface area contributed by atoms with Crippen LogP contribution in [0.25, 0.3) is 0 Å². The smallest absolute Gasteiger partial charge is 0.153 e. The number of aldehydes is 1. The lowest BCUT2D eigenvalue weighted by atomic mass is 10.1. The molecule has 2 nitrogen and oxygen atoms in total. The van der Waals surface area contributed by atoms with Crippen LogP contribution in [0.5, 0.6) is 0 Å². The molecule has 0 heterocycles. The SMILES string of the molecule is N#Cc1c(Cl)ccc(C=O)c1F. The lowest BCUT2D eigenvalue weighted by molar-refractivity contribution is 0.112. The molecule has 0 spiro atoms. The number of nitriles is 1. The van der Waals surface area contributed by atoms with Gasteiger partial charge < -0.3 is 0 Å². The Balaban J connectivity index is 3.46. The highest BCUT2D eigenvalue weighted by atomic mass is 35.5. The predicted molar refractivity (Wildman–Crippen MR) is 41.5 cm³/mol. The van der Waals surface area contributed by atoms with Crippen LogP contribution in [0.15, 0.2) is 12.1 Å². The Bertz CT molecular complexity index is 370. The fourth-order valence-corrected chi connectivity index (χ4v) is 0.950. The van der Waals surface area contributed by atoms with E-state index < -0.39 is 5.82 Å². The minimum Gasteiger partial charge on any atom is -0.298 e. The maximum Gasteiger partial charge on any atom is 0.153 e. The van der Waals surface area contributed by atoms with Gasteiger partial charge in [0.05, 0.1) is 10.6 Å².